The summed E-state index contributed by atoms with van der Waals surface area (Å²) in [7, 11) is 0. The van der Waals surface area contributed by atoms with Crippen molar-refractivity contribution in [1.29, 1.82) is 0 Å². The minimum atomic E-state index is -0.155. The highest BCUT2D eigenvalue weighted by atomic mass is 16.1. The van der Waals surface area contributed by atoms with Crippen LogP contribution in [0.1, 0.15) is 42.9 Å². The Bertz CT molecular complexity index is 495. The molecule has 0 aromatic heterocycles. The lowest BCUT2D eigenvalue weighted by molar-refractivity contribution is -0.119. The van der Waals surface area contributed by atoms with Crippen LogP contribution in [0.25, 0.3) is 0 Å². The van der Waals surface area contributed by atoms with Gasteiger partial charge in [-0.2, -0.15) is 0 Å². The van der Waals surface area contributed by atoms with Crippen molar-refractivity contribution < 1.29 is 4.79 Å². The van der Waals surface area contributed by atoms with E-state index in [4.69, 9.17) is 5.73 Å². The number of fused-ring (bicyclic) bond motifs is 1. The van der Waals surface area contributed by atoms with Crippen molar-refractivity contribution >= 4 is 5.91 Å². The van der Waals surface area contributed by atoms with Crippen LogP contribution in [0.3, 0.4) is 0 Å². The lowest BCUT2D eigenvalue weighted by Crippen LogP contribution is -2.38. The van der Waals surface area contributed by atoms with Crippen molar-refractivity contribution in [3.63, 3.8) is 0 Å². The van der Waals surface area contributed by atoms with E-state index >= 15 is 0 Å². The molecule has 0 radical (unpaired) electrons. The second-order valence-electron chi connectivity index (χ2n) is 6.33. The molecule has 114 valence electrons. The number of likely N-dealkylation sites (tertiary alicyclic amines) is 1. The molecule has 0 aliphatic carbocycles. The number of nitrogens with one attached hydrogen (secondary N) is 1. The quantitative estimate of drug-likeness (QED) is 0.891. The van der Waals surface area contributed by atoms with Gasteiger partial charge in [0.25, 0.3) is 0 Å². The van der Waals surface area contributed by atoms with Crippen LogP contribution in [0.15, 0.2) is 24.3 Å². The number of benzene rings is 1. The zero-order valence-electron chi connectivity index (χ0n) is 12.6. The third-order valence-corrected chi connectivity index (χ3v) is 4.90. The topological polar surface area (TPSA) is 58.4 Å². The Morgan fingerprint density at radius 1 is 1.24 bits per heavy atom. The SMILES string of the molecule is NC(=O)CC1CCN(C2CCNCc3ccccc32)CC1. The van der Waals surface area contributed by atoms with Gasteiger partial charge in [0.15, 0.2) is 0 Å². The first-order chi connectivity index (χ1) is 10.2. The van der Waals surface area contributed by atoms with E-state index < -0.39 is 0 Å². The predicted molar refractivity (Wildman–Crippen MR) is 83.6 cm³/mol. The van der Waals surface area contributed by atoms with Gasteiger partial charge >= 0.3 is 0 Å². The van der Waals surface area contributed by atoms with E-state index in [9.17, 15) is 4.79 Å². The summed E-state index contributed by atoms with van der Waals surface area (Å²) in [5.41, 5.74) is 8.24. The lowest BCUT2D eigenvalue weighted by Gasteiger charge is -2.37. The van der Waals surface area contributed by atoms with E-state index in [0.717, 1.165) is 45.4 Å². The van der Waals surface area contributed by atoms with Gasteiger partial charge in [-0.3, -0.25) is 9.69 Å². The van der Waals surface area contributed by atoms with Crippen LogP contribution in [0, 0.1) is 5.92 Å². The van der Waals surface area contributed by atoms with E-state index in [2.05, 4.69) is 34.5 Å². The first-order valence-electron chi connectivity index (χ1n) is 8.05. The van der Waals surface area contributed by atoms with Crippen LogP contribution in [0.2, 0.25) is 0 Å². The predicted octanol–water partition coefficient (Wildman–Crippen LogP) is 1.81. The molecule has 0 spiro atoms. The molecule has 1 fully saturated rings. The summed E-state index contributed by atoms with van der Waals surface area (Å²) < 4.78 is 0. The maximum atomic E-state index is 11.1. The number of carbonyl (C=O) groups excluding carboxylic acids is 1. The maximum Gasteiger partial charge on any atom is 0.217 e. The average Bonchev–Trinajstić information content (AvgIpc) is 2.70. The highest BCUT2D eigenvalue weighted by Crippen LogP contribution is 2.33. The molecule has 21 heavy (non-hydrogen) atoms. The lowest BCUT2D eigenvalue weighted by atomic mass is 9.90. The smallest absolute Gasteiger partial charge is 0.217 e. The number of hydrogen-bond acceptors (Lipinski definition) is 3. The molecule has 4 heteroatoms. The normalized spacial score (nSPS) is 24.3. The van der Waals surface area contributed by atoms with E-state index in [1.54, 1.807) is 0 Å². The largest absolute Gasteiger partial charge is 0.370 e. The number of nitrogens with two attached hydrogens (primary N) is 1. The molecule has 2 aliphatic heterocycles. The van der Waals surface area contributed by atoms with E-state index in [1.165, 1.54) is 11.1 Å². The Hall–Kier alpha value is -1.39. The van der Waals surface area contributed by atoms with Crippen LogP contribution >= 0.6 is 0 Å². The van der Waals surface area contributed by atoms with Gasteiger partial charge in [-0.1, -0.05) is 24.3 Å². The molecule has 3 rings (SSSR count). The standard InChI is InChI=1S/C17H25N3O/c18-17(21)11-13-6-9-20(10-7-13)16-5-8-19-12-14-3-1-2-4-15(14)16/h1-4,13,16,19H,5-12H2,(H2,18,21). The van der Waals surface area contributed by atoms with Gasteiger partial charge in [0.2, 0.25) is 5.91 Å². The summed E-state index contributed by atoms with van der Waals surface area (Å²) in [6.07, 6.45) is 3.90. The summed E-state index contributed by atoms with van der Waals surface area (Å²) in [5.74, 6) is 0.329. The molecule has 4 nitrogen and oxygen atoms in total. The minimum Gasteiger partial charge on any atom is -0.370 e. The van der Waals surface area contributed by atoms with Crippen molar-refractivity contribution in [3.8, 4) is 0 Å². The van der Waals surface area contributed by atoms with Crippen molar-refractivity contribution in [3.05, 3.63) is 35.4 Å². The molecule has 2 heterocycles. The van der Waals surface area contributed by atoms with Gasteiger partial charge in [0.05, 0.1) is 0 Å². The van der Waals surface area contributed by atoms with Crippen LogP contribution in [-0.4, -0.2) is 30.4 Å². The monoisotopic (exact) mass is 287 g/mol. The summed E-state index contributed by atoms with van der Waals surface area (Å²) in [5, 5.41) is 3.52. The first-order valence-corrected chi connectivity index (χ1v) is 8.05. The molecular formula is C17H25N3O. The molecule has 1 aromatic rings. The number of rotatable bonds is 3. The summed E-state index contributed by atoms with van der Waals surface area (Å²) >= 11 is 0. The molecule has 0 bridgehead atoms. The molecule has 1 amide bonds. The van der Waals surface area contributed by atoms with Gasteiger partial charge in [-0.25, -0.2) is 0 Å². The number of amides is 1. The van der Waals surface area contributed by atoms with Crippen LogP contribution in [0.5, 0.6) is 0 Å². The van der Waals surface area contributed by atoms with Gasteiger partial charge in [-0.05, 0) is 55.9 Å². The van der Waals surface area contributed by atoms with Crippen molar-refractivity contribution in [2.24, 2.45) is 11.7 Å². The minimum absolute atomic E-state index is 0.155. The number of hydrogen-bond donors (Lipinski definition) is 2. The highest BCUT2D eigenvalue weighted by molar-refractivity contribution is 5.73. The Kier molecular flexibility index (Phi) is 4.56. The van der Waals surface area contributed by atoms with E-state index in [-0.39, 0.29) is 5.91 Å². The highest BCUT2D eigenvalue weighted by Gasteiger charge is 2.28. The van der Waals surface area contributed by atoms with Crippen molar-refractivity contribution in [1.82, 2.24) is 10.2 Å². The fourth-order valence-corrected chi connectivity index (χ4v) is 3.77. The van der Waals surface area contributed by atoms with Crippen LogP contribution < -0.4 is 11.1 Å². The summed E-state index contributed by atoms with van der Waals surface area (Å²) in [6, 6.07) is 9.31. The second-order valence-corrected chi connectivity index (χ2v) is 6.33. The zero-order valence-corrected chi connectivity index (χ0v) is 12.6. The fraction of sp³-hybridized carbons (Fsp3) is 0.588. The molecule has 1 unspecified atom stereocenters. The molecule has 3 N–H and O–H groups in total. The Morgan fingerprint density at radius 3 is 2.76 bits per heavy atom. The van der Waals surface area contributed by atoms with Gasteiger partial charge in [0.1, 0.15) is 0 Å². The number of nitrogens with zero attached hydrogens (tertiary/aromatic N) is 1. The summed E-state index contributed by atoms with van der Waals surface area (Å²) in [4.78, 5) is 13.7. The second kappa shape index (κ2) is 6.58. The maximum absolute atomic E-state index is 11.1. The average molecular weight is 287 g/mol. The van der Waals surface area contributed by atoms with Crippen LogP contribution in [0.4, 0.5) is 0 Å². The summed E-state index contributed by atoms with van der Waals surface area (Å²) in [6.45, 7) is 4.21. The van der Waals surface area contributed by atoms with Gasteiger partial charge in [-0.15, -0.1) is 0 Å². The third kappa shape index (κ3) is 3.44. The number of piperidine rings is 1. The molecular weight excluding hydrogens is 262 g/mol. The fourth-order valence-electron chi connectivity index (χ4n) is 3.77. The van der Waals surface area contributed by atoms with Crippen molar-refractivity contribution in [2.45, 2.75) is 38.3 Å². The zero-order chi connectivity index (χ0) is 14.7. The van der Waals surface area contributed by atoms with Gasteiger partial charge in [0, 0.05) is 19.0 Å². The molecule has 1 aromatic carbocycles. The molecule has 0 saturated carbocycles. The first kappa shape index (κ1) is 14.5. The molecule has 2 aliphatic rings. The van der Waals surface area contributed by atoms with Crippen LogP contribution in [-0.2, 0) is 11.3 Å². The Morgan fingerprint density at radius 2 is 2.00 bits per heavy atom. The van der Waals surface area contributed by atoms with Crippen molar-refractivity contribution in [2.75, 3.05) is 19.6 Å². The van der Waals surface area contributed by atoms with Gasteiger partial charge < -0.3 is 11.1 Å². The molecule has 1 saturated heterocycles. The van der Waals surface area contributed by atoms with E-state index in [1.807, 2.05) is 0 Å². The third-order valence-electron chi connectivity index (χ3n) is 4.90. The number of carbonyl (C=O) groups is 1. The Labute approximate surface area is 126 Å². The Balaban J connectivity index is 1.69. The number of primary amides is 1. The van der Waals surface area contributed by atoms with E-state index in [0.29, 0.717) is 18.4 Å². The molecule has 1 atom stereocenters.